The van der Waals surface area contributed by atoms with Crippen LogP contribution in [0.4, 0.5) is 5.69 Å². The average molecular weight is 508 g/mol. The molecule has 2 aromatic carbocycles. The molecule has 0 spiro atoms. The first-order valence-corrected chi connectivity index (χ1v) is 11.1. The monoisotopic (exact) mass is 508 g/mol. The summed E-state index contributed by atoms with van der Waals surface area (Å²) in [5.74, 6) is 0.752. The Morgan fingerprint density at radius 1 is 1.08 bits per heavy atom. The SMILES string of the molecule is COc1cc(C(=O)NCCn2ncc3c(=O)n(Cc4ccc([N+](=O)[O-])cc4)cnc32)cc(OC)c1OC. The zero-order chi connectivity index (χ0) is 26.5. The Labute approximate surface area is 210 Å². The summed E-state index contributed by atoms with van der Waals surface area (Å²) in [6.45, 7) is 0.702. The minimum atomic E-state index is -0.481. The molecule has 4 aromatic rings. The number of nitrogens with one attached hydrogen (secondary N) is 1. The molecule has 2 heterocycles. The lowest BCUT2D eigenvalue weighted by molar-refractivity contribution is -0.384. The van der Waals surface area contributed by atoms with Crippen molar-refractivity contribution in [1.82, 2.24) is 24.6 Å². The van der Waals surface area contributed by atoms with Gasteiger partial charge in [0.05, 0.1) is 45.5 Å². The highest BCUT2D eigenvalue weighted by Crippen LogP contribution is 2.38. The number of fused-ring (bicyclic) bond motifs is 1. The number of ether oxygens (including phenoxy) is 3. The van der Waals surface area contributed by atoms with Gasteiger partial charge in [-0.15, -0.1) is 0 Å². The van der Waals surface area contributed by atoms with Crippen LogP contribution in [0, 0.1) is 10.1 Å². The van der Waals surface area contributed by atoms with Gasteiger partial charge in [0.25, 0.3) is 17.2 Å². The second-order valence-corrected chi connectivity index (χ2v) is 7.88. The predicted octanol–water partition coefficient (Wildman–Crippen LogP) is 2.01. The maximum atomic E-state index is 12.9. The summed E-state index contributed by atoms with van der Waals surface area (Å²) in [5.41, 5.74) is 1.11. The lowest BCUT2D eigenvalue weighted by atomic mass is 10.1. The number of methoxy groups -OCH3 is 3. The highest BCUT2D eigenvalue weighted by Gasteiger charge is 2.17. The van der Waals surface area contributed by atoms with Gasteiger partial charge in [0.2, 0.25) is 5.75 Å². The summed E-state index contributed by atoms with van der Waals surface area (Å²) < 4.78 is 18.8. The normalized spacial score (nSPS) is 10.8. The third kappa shape index (κ3) is 5.19. The summed E-state index contributed by atoms with van der Waals surface area (Å²) in [7, 11) is 4.41. The minimum Gasteiger partial charge on any atom is -0.493 e. The Bertz CT molecular complexity index is 1490. The van der Waals surface area contributed by atoms with Gasteiger partial charge in [-0.3, -0.25) is 24.3 Å². The third-order valence-corrected chi connectivity index (χ3v) is 5.66. The summed E-state index contributed by atoms with van der Waals surface area (Å²) in [5, 5.41) is 18.2. The second kappa shape index (κ2) is 10.8. The Hall–Kier alpha value is -4.94. The van der Waals surface area contributed by atoms with E-state index in [4.69, 9.17) is 14.2 Å². The molecule has 0 saturated heterocycles. The smallest absolute Gasteiger partial charge is 0.269 e. The summed E-state index contributed by atoms with van der Waals surface area (Å²) in [6.07, 6.45) is 2.83. The van der Waals surface area contributed by atoms with Crippen LogP contribution >= 0.6 is 0 Å². The van der Waals surface area contributed by atoms with Gasteiger partial charge in [0.1, 0.15) is 11.7 Å². The molecule has 1 amide bonds. The molecule has 0 aliphatic heterocycles. The molecule has 13 heteroatoms. The molecular formula is C24H24N6O7. The van der Waals surface area contributed by atoms with Gasteiger partial charge >= 0.3 is 0 Å². The van der Waals surface area contributed by atoms with Crippen LogP contribution in [0.25, 0.3) is 11.0 Å². The highest BCUT2D eigenvalue weighted by molar-refractivity contribution is 5.95. The maximum Gasteiger partial charge on any atom is 0.269 e. The molecule has 0 saturated carbocycles. The molecule has 37 heavy (non-hydrogen) atoms. The van der Waals surface area contributed by atoms with Crippen molar-refractivity contribution in [2.24, 2.45) is 0 Å². The van der Waals surface area contributed by atoms with Gasteiger partial charge < -0.3 is 19.5 Å². The average Bonchev–Trinajstić information content (AvgIpc) is 3.33. The number of carbonyl (C=O) groups excluding carboxylic acids is 1. The number of hydrogen-bond acceptors (Lipinski definition) is 9. The van der Waals surface area contributed by atoms with Crippen molar-refractivity contribution in [1.29, 1.82) is 0 Å². The Morgan fingerprint density at radius 3 is 2.35 bits per heavy atom. The summed E-state index contributed by atoms with van der Waals surface area (Å²) in [4.78, 5) is 40.3. The fourth-order valence-corrected chi connectivity index (χ4v) is 3.78. The standard InChI is InChI=1S/C24H24N6O7/c1-35-19-10-16(11-20(36-2)21(19)37-3)23(31)25-8-9-29-22-18(12-27-29)24(32)28(14-26-22)13-15-4-6-17(7-5-15)30(33)34/h4-7,10-12,14H,8-9,13H2,1-3H3,(H,25,31). The predicted molar refractivity (Wildman–Crippen MR) is 132 cm³/mol. The third-order valence-electron chi connectivity index (χ3n) is 5.66. The lowest BCUT2D eigenvalue weighted by Gasteiger charge is -2.14. The van der Waals surface area contributed by atoms with Gasteiger partial charge in [0.15, 0.2) is 17.1 Å². The van der Waals surface area contributed by atoms with E-state index in [1.807, 2.05) is 0 Å². The molecule has 0 radical (unpaired) electrons. The van der Waals surface area contributed by atoms with E-state index in [2.05, 4.69) is 15.4 Å². The zero-order valence-corrected chi connectivity index (χ0v) is 20.3. The van der Waals surface area contributed by atoms with E-state index >= 15 is 0 Å². The van der Waals surface area contributed by atoms with Crippen LogP contribution in [-0.2, 0) is 13.1 Å². The molecule has 0 fully saturated rings. The zero-order valence-electron chi connectivity index (χ0n) is 20.3. The van der Waals surface area contributed by atoms with Gasteiger partial charge in [-0.25, -0.2) is 9.67 Å². The van der Waals surface area contributed by atoms with E-state index in [1.54, 1.807) is 24.3 Å². The Balaban J connectivity index is 1.44. The van der Waals surface area contributed by atoms with Crippen LogP contribution in [-0.4, -0.2) is 58.0 Å². The number of non-ortho nitro benzene ring substituents is 1. The van der Waals surface area contributed by atoms with Crippen molar-refractivity contribution < 1.29 is 23.9 Å². The van der Waals surface area contributed by atoms with Crippen LogP contribution in [0.15, 0.2) is 53.7 Å². The molecule has 2 aromatic heterocycles. The summed E-state index contributed by atoms with van der Waals surface area (Å²) in [6, 6.07) is 9.06. The first-order chi connectivity index (χ1) is 17.9. The molecule has 0 aliphatic rings. The van der Waals surface area contributed by atoms with Crippen molar-refractivity contribution in [3.05, 3.63) is 80.5 Å². The number of nitro groups is 1. The summed E-state index contributed by atoms with van der Waals surface area (Å²) >= 11 is 0. The van der Waals surface area contributed by atoms with Crippen LogP contribution in [0.1, 0.15) is 15.9 Å². The van der Waals surface area contributed by atoms with Crippen molar-refractivity contribution in [3.8, 4) is 17.2 Å². The van der Waals surface area contributed by atoms with Crippen molar-refractivity contribution in [2.45, 2.75) is 13.1 Å². The fourth-order valence-electron chi connectivity index (χ4n) is 3.78. The van der Waals surface area contributed by atoms with E-state index in [9.17, 15) is 19.7 Å². The van der Waals surface area contributed by atoms with Gasteiger partial charge in [-0.05, 0) is 17.7 Å². The number of nitrogens with zero attached hydrogens (tertiary/aromatic N) is 5. The van der Waals surface area contributed by atoms with E-state index < -0.39 is 4.92 Å². The molecule has 1 N–H and O–H groups in total. The molecule has 0 bridgehead atoms. The number of hydrogen-bond donors (Lipinski definition) is 1. The van der Waals surface area contributed by atoms with Crippen LogP contribution in [0.5, 0.6) is 17.2 Å². The van der Waals surface area contributed by atoms with Crippen molar-refractivity contribution >= 4 is 22.6 Å². The van der Waals surface area contributed by atoms with Crippen molar-refractivity contribution in [2.75, 3.05) is 27.9 Å². The second-order valence-electron chi connectivity index (χ2n) is 7.88. The lowest BCUT2D eigenvalue weighted by Crippen LogP contribution is -2.28. The minimum absolute atomic E-state index is 0.0247. The molecule has 0 aliphatic carbocycles. The molecule has 192 valence electrons. The molecule has 4 rings (SSSR count). The quantitative estimate of drug-likeness (QED) is 0.250. The molecule has 13 nitrogen and oxygen atoms in total. The number of rotatable bonds is 10. The Morgan fingerprint density at radius 2 is 1.76 bits per heavy atom. The van der Waals surface area contributed by atoms with Crippen molar-refractivity contribution in [3.63, 3.8) is 0 Å². The van der Waals surface area contributed by atoms with Gasteiger partial charge in [0, 0.05) is 24.2 Å². The largest absolute Gasteiger partial charge is 0.493 e. The van der Waals surface area contributed by atoms with E-state index in [0.717, 1.165) is 5.56 Å². The fraction of sp³-hybridized carbons (Fsp3) is 0.250. The van der Waals surface area contributed by atoms with Gasteiger partial charge in [-0.1, -0.05) is 12.1 Å². The Kier molecular flexibility index (Phi) is 7.32. The number of carbonyl (C=O) groups is 1. The number of amides is 1. The first-order valence-electron chi connectivity index (χ1n) is 11.1. The van der Waals surface area contributed by atoms with E-state index in [0.29, 0.717) is 33.8 Å². The first kappa shape index (κ1) is 25.2. The molecular weight excluding hydrogens is 484 g/mol. The van der Waals surface area contributed by atoms with Crippen LogP contribution in [0.2, 0.25) is 0 Å². The van der Waals surface area contributed by atoms with Crippen LogP contribution < -0.4 is 25.1 Å². The number of nitro benzene ring substituents is 1. The molecule has 0 unspecified atom stereocenters. The topological polar surface area (TPSA) is 153 Å². The van der Waals surface area contributed by atoms with E-state index in [1.165, 1.54) is 55.2 Å². The molecule has 0 atom stereocenters. The van der Waals surface area contributed by atoms with Gasteiger partial charge in [-0.2, -0.15) is 5.10 Å². The van der Waals surface area contributed by atoms with E-state index in [-0.39, 0.29) is 36.8 Å². The number of aromatic nitrogens is 4. The maximum absolute atomic E-state index is 12.9. The van der Waals surface area contributed by atoms with Crippen LogP contribution in [0.3, 0.4) is 0 Å². The number of benzene rings is 2. The highest BCUT2D eigenvalue weighted by atomic mass is 16.6.